The Hall–Kier alpha value is 0.400. The zero-order valence-electron chi connectivity index (χ0n) is 10.1. The largest absolute Gasteiger partial charge is 0.379 e. The Bertz CT molecular complexity index is 186. The third kappa shape index (κ3) is 3.18. The SMILES string of the molecule is CCCOCCOC1CC(Br)C1(C)CC. The maximum absolute atomic E-state index is 5.85. The molecule has 2 nitrogen and oxygen atoms in total. The van der Waals surface area contributed by atoms with E-state index in [-0.39, 0.29) is 0 Å². The Kier molecular flexibility index (Phi) is 5.58. The summed E-state index contributed by atoms with van der Waals surface area (Å²) in [5.74, 6) is 0. The molecule has 0 radical (unpaired) electrons. The number of alkyl halides is 1. The molecule has 1 fully saturated rings. The molecular formula is C12H23BrO2. The highest BCUT2D eigenvalue weighted by molar-refractivity contribution is 9.09. The molecule has 0 heterocycles. The standard InChI is InChI=1S/C12H23BrO2/c1-4-6-14-7-8-15-11-9-10(13)12(11,3)5-2/h10-11H,4-9H2,1-3H3. The van der Waals surface area contributed by atoms with Crippen LogP contribution >= 0.6 is 15.9 Å². The van der Waals surface area contributed by atoms with E-state index in [9.17, 15) is 0 Å². The molecule has 0 aromatic rings. The first-order valence-corrected chi connectivity index (χ1v) is 6.90. The second-order valence-corrected chi connectivity index (χ2v) is 5.64. The summed E-state index contributed by atoms with van der Waals surface area (Å²) in [6.45, 7) is 8.97. The number of ether oxygens (including phenoxy) is 2. The number of halogens is 1. The Labute approximate surface area is 102 Å². The van der Waals surface area contributed by atoms with Gasteiger partial charge in [0.2, 0.25) is 0 Å². The summed E-state index contributed by atoms with van der Waals surface area (Å²) in [6.07, 6.45) is 3.80. The summed E-state index contributed by atoms with van der Waals surface area (Å²) in [6, 6.07) is 0. The first-order valence-electron chi connectivity index (χ1n) is 5.98. The van der Waals surface area contributed by atoms with Gasteiger partial charge < -0.3 is 9.47 Å². The minimum atomic E-state index is 0.324. The monoisotopic (exact) mass is 278 g/mol. The van der Waals surface area contributed by atoms with Gasteiger partial charge in [0.25, 0.3) is 0 Å². The second-order valence-electron chi connectivity index (χ2n) is 4.53. The van der Waals surface area contributed by atoms with Gasteiger partial charge in [0, 0.05) is 16.8 Å². The van der Waals surface area contributed by atoms with Gasteiger partial charge in [0.15, 0.2) is 0 Å². The van der Waals surface area contributed by atoms with Gasteiger partial charge in [-0.2, -0.15) is 0 Å². The molecule has 0 aliphatic heterocycles. The zero-order chi connectivity index (χ0) is 11.3. The lowest BCUT2D eigenvalue weighted by atomic mass is 9.66. The van der Waals surface area contributed by atoms with Crippen LogP contribution in [0.1, 0.15) is 40.0 Å². The van der Waals surface area contributed by atoms with Crippen molar-refractivity contribution in [2.75, 3.05) is 19.8 Å². The predicted molar refractivity (Wildman–Crippen MR) is 66.6 cm³/mol. The van der Waals surface area contributed by atoms with Crippen molar-refractivity contribution < 1.29 is 9.47 Å². The van der Waals surface area contributed by atoms with E-state index in [1.807, 2.05) is 0 Å². The van der Waals surface area contributed by atoms with Crippen LogP contribution in [0.4, 0.5) is 0 Å². The third-order valence-electron chi connectivity index (χ3n) is 3.53. The van der Waals surface area contributed by atoms with Crippen LogP contribution in [0.5, 0.6) is 0 Å². The fraction of sp³-hybridized carbons (Fsp3) is 1.00. The first kappa shape index (κ1) is 13.5. The maximum Gasteiger partial charge on any atom is 0.0704 e. The van der Waals surface area contributed by atoms with Crippen molar-refractivity contribution in [2.45, 2.75) is 51.0 Å². The second kappa shape index (κ2) is 6.21. The highest BCUT2D eigenvalue weighted by Gasteiger charge is 2.49. The summed E-state index contributed by atoms with van der Waals surface area (Å²) in [4.78, 5) is 0.622. The van der Waals surface area contributed by atoms with E-state index in [4.69, 9.17) is 9.47 Å². The molecule has 3 heteroatoms. The molecule has 0 N–H and O–H groups in total. The van der Waals surface area contributed by atoms with Crippen molar-refractivity contribution in [1.82, 2.24) is 0 Å². The van der Waals surface area contributed by atoms with Crippen molar-refractivity contribution in [1.29, 1.82) is 0 Å². The number of hydrogen-bond donors (Lipinski definition) is 0. The smallest absolute Gasteiger partial charge is 0.0704 e. The number of hydrogen-bond acceptors (Lipinski definition) is 2. The van der Waals surface area contributed by atoms with Crippen molar-refractivity contribution in [3.05, 3.63) is 0 Å². The number of rotatable bonds is 7. The Balaban J connectivity index is 2.12. The van der Waals surface area contributed by atoms with Gasteiger partial charge >= 0.3 is 0 Å². The van der Waals surface area contributed by atoms with Crippen molar-refractivity contribution >= 4 is 15.9 Å². The van der Waals surface area contributed by atoms with Crippen LogP contribution in [-0.4, -0.2) is 30.8 Å². The highest BCUT2D eigenvalue weighted by atomic mass is 79.9. The molecule has 1 aliphatic rings. The molecule has 0 spiro atoms. The molecule has 3 unspecified atom stereocenters. The summed E-state index contributed by atoms with van der Waals surface area (Å²) in [7, 11) is 0. The molecule has 0 saturated heterocycles. The van der Waals surface area contributed by atoms with Gasteiger partial charge in [-0.15, -0.1) is 0 Å². The molecule has 1 rings (SSSR count). The molecule has 0 amide bonds. The minimum Gasteiger partial charge on any atom is -0.379 e. The third-order valence-corrected chi connectivity index (χ3v) is 4.95. The molecule has 90 valence electrons. The minimum absolute atomic E-state index is 0.324. The van der Waals surface area contributed by atoms with E-state index in [0.29, 0.717) is 16.3 Å². The van der Waals surface area contributed by atoms with Gasteiger partial charge in [-0.25, -0.2) is 0 Å². The topological polar surface area (TPSA) is 18.5 Å². The van der Waals surface area contributed by atoms with Crippen LogP contribution in [0.25, 0.3) is 0 Å². The normalized spacial score (nSPS) is 35.2. The van der Waals surface area contributed by atoms with Crippen LogP contribution < -0.4 is 0 Å². The van der Waals surface area contributed by atoms with Crippen molar-refractivity contribution in [3.63, 3.8) is 0 Å². The molecule has 0 bridgehead atoms. The van der Waals surface area contributed by atoms with E-state index in [1.165, 1.54) is 6.42 Å². The molecule has 1 saturated carbocycles. The van der Waals surface area contributed by atoms with E-state index in [1.54, 1.807) is 0 Å². The predicted octanol–water partition coefficient (Wildman–Crippen LogP) is 3.38. The highest BCUT2D eigenvalue weighted by Crippen LogP contribution is 2.49. The van der Waals surface area contributed by atoms with Crippen LogP contribution in [-0.2, 0) is 9.47 Å². The average molecular weight is 279 g/mol. The van der Waals surface area contributed by atoms with Gasteiger partial charge in [0.1, 0.15) is 0 Å². The van der Waals surface area contributed by atoms with Crippen molar-refractivity contribution in [3.8, 4) is 0 Å². The van der Waals surface area contributed by atoms with Crippen LogP contribution in [0.15, 0.2) is 0 Å². The molecule has 1 aliphatic carbocycles. The van der Waals surface area contributed by atoms with Gasteiger partial charge in [-0.3, -0.25) is 0 Å². The van der Waals surface area contributed by atoms with Crippen LogP contribution in [0.3, 0.4) is 0 Å². The summed E-state index contributed by atoms with van der Waals surface area (Å²) >= 11 is 3.71. The van der Waals surface area contributed by atoms with Gasteiger partial charge in [0.05, 0.1) is 19.3 Å². The lowest BCUT2D eigenvalue weighted by Crippen LogP contribution is -2.53. The lowest BCUT2D eigenvalue weighted by Gasteiger charge is -2.51. The summed E-state index contributed by atoms with van der Waals surface area (Å²) < 4.78 is 11.2. The first-order chi connectivity index (χ1) is 7.15. The molecule has 3 atom stereocenters. The van der Waals surface area contributed by atoms with E-state index in [0.717, 1.165) is 32.7 Å². The molecule has 0 aromatic heterocycles. The van der Waals surface area contributed by atoms with E-state index < -0.39 is 0 Å². The quantitative estimate of drug-likeness (QED) is 0.525. The van der Waals surface area contributed by atoms with Crippen molar-refractivity contribution in [2.24, 2.45) is 5.41 Å². The fourth-order valence-electron chi connectivity index (χ4n) is 1.97. The summed E-state index contributed by atoms with van der Waals surface area (Å²) in [5, 5.41) is 0. The Morgan fingerprint density at radius 1 is 1.27 bits per heavy atom. The molecular weight excluding hydrogens is 256 g/mol. The van der Waals surface area contributed by atoms with Crippen LogP contribution in [0, 0.1) is 5.41 Å². The fourth-order valence-corrected chi connectivity index (χ4v) is 2.93. The van der Waals surface area contributed by atoms with E-state index in [2.05, 4.69) is 36.7 Å². The maximum atomic E-state index is 5.85. The lowest BCUT2D eigenvalue weighted by molar-refractivity contribution is -0.108. The van der Waals surface area contributed by atoms with E-state index >= 15 is 0 Å². The zero-order valence-corrected chi connectivity index (χ0v) is 11.7. The van der Waals surface area contributed by atoms with Crippen LogP contribution in [0.2, 0.25) is 0 Å². The molecule has 15 heavy (non-hydrogen) atoms. The molecule has 0 aromatic carbocycles. The van der Waals surface area contributed by atoms with Gasteiger partial charge in [-0.05, 0) is 19.3 Å². The summed E-state index contributed by atoms with van der Waals surface area (Å²) in [5.41, 5.74) is 0.324. The average Bonchev–Trinajstić information content (AvgIpc) is 2.26. The Morgan fingerprint density at radius 2 is 2.00 bits per heavy atom. The Morgan fingerprint density at radius 3 is 2.53 bits per heavy atom. The van der Waals surface area contributed by atoms with Gasteiger partial charge in [-0.1, -0.05) is 36.7 Å².